The highest BCUT2D eigenvalue weighted by Gasteiger charge is 2.47. The largest absolute Gasteiger partial charge is 0.468 e. The Balaban J connectivity index is 1.11. The summed E-state index contributed by atoms with van der Waals surface area (Å²) in [4.78, 5) is 9.19. The van der Waals surface area contributed by atoms with Crippen LogP contribution in [0, 0.1) is 0 Å². The molecule has 2 aromatic carbocycles. The fourth-order valence-electron chi connectivity index (χ4n) is 4.66. The fraction of sp³-hybridized carbons (Fsp3) is 0.259. The van der Waals surface area contributed by atoms with Crippen LogP contribution < -0.4 is 10.6 Å². The maximum atomic E-state index is 6.08. The summed E-state index contributed by atoms with van der Waals surface area (Å²) >= 11 is 0. The summed E-state index contributed by atoms with van der Waals surface area (Å²) in [7, 11) is 0. The predicted octanol–water partition coefficient (Wildman–Crippen LogP) is 4.14. The van der Waals surface area contributed by atoms with Gasteiger partial charge in [0.2, 0.25) is 5.95 Å². The molecule has 2 saturated heterocycles. The molecule has 0 spiro atoms. The maximum absolute atomic E-state index is 6.08. The average molecular weight is 455 g/mol. The SMILES string of the molecule is c1ccc(-c2ccc(-c3ccnc(N[C@H]4CO[C@H]5[C@@H]4OC[C@@H]5NCc4ccco4)n3)cc2)cc1. The van der Waals surface area contributed by atoms with Gasteiger partial charge in [-0.15, -0.1) is 0 Å². The Labute approximate surface area is 198 Å². The minimum atomic E-state index is -0.0495. The molecule has 4 atom stereocenters. The van der Waals surface area contributed by atoms with Crippen LogP contribution in [0.4, 0.5) is 5.95 Å². The zero-order valence-corrected chi connectivity index (χ0v) is 18.6. The molecule has 6 rings (SSSR count). The molecule has 172 valence electrons. The second-order valence-electron chi connectivity index (χ2n) is 8.62. The van der Waals surface area contributed by atoms with E-state index < -0.39 is 0 Å². The molecule has 2 fully saturated rings. The Morgan fingerprint density at radius 1 is 0.765 bits per heavy atom. The van der Waals surface area contributed by atoms with E-state index in [1.54, 1.807) is 12.5 Å². The van der Waals surface area contributed by atoms with Crippen molar-refractivity contribution in [2.45, 2.75) is 30.8 Å². The summed E-state index contributed by atoms with van der Waals surface area (Å²) in [6.45, 7) is 1.80. The van der Waals surface area contributed by atoms with Gasteiger partial charge in [-0.05, 0) is 29.3 Å². The standard InChI is InChI=1S/C27H26N4O3/c1-2-5-18(6-3-1)19-8-10-20(11-9-19)22-12-13-28-27(30-22)31-24-17-34-25-23(16-33-26(24)25)29-15-21-7-4-14-32-21/h1-14,23-26,29H,15-17H2,(H,28,30,31)/t23-,24-,25+,26+/m0/s1. The first-order valence-corrected chi connectivity index (χ1v) is 11.6. The molecule has 34 heavy (non-hydrogen) atoms. The Kier molecular flexibility index (Phi) is 5.81. The van der Waals surface area contributed by atoms with Crippen molar-refractivity contribution >= 4 is 5.95 Å². The van der Waals surface area contributed by atoms with Crippen molar-refractivity contribution in [1.29, 1.82) is 0 Å². The third-order valence-electron chi connectivity index (χ3n) is 6.43. The van der Waals surface area contributed by atoms with E-state index in [-0.39, 0.29) is 24.3 Å². The maximum Gasteiger partial charge on any atom is 0.223 e. The molecule has 4 aromatic rings. The molecule has 0 amide bonds. The summed E-state index contributed by atoms with van der Waals surface area (Å²) in [6.07, 6.45) is 3.40. The molecule has 7 nitrogen and oxygen atoms in total. The van der Waals surface area contributed by atoms with Gasteiger partial charge < -0.3 is 24.5 Å². The topological polar surface area (TPSA) is 81.4 Å². The monoisotopic (exact) mass is 454 g/mol. The molecule has 2 aliphatic heterocycles. The number of ether oxygens (including phenoxy) is 2. The Hall–Kier alpha value is -3.52. The van der Waals surface area contributed by atoms with Gasteiger partial charge in [-0.25, -0.2) is 9.97 Å². The predicted molar refractivity (Wildman–Crippen MR) is 129 cm³/mol. The van der Waals surface area contributed by atoms with Gasteiger partial charge in [0, 0.05) is 11.8 Å². The van der Waals surface area contributed by atoms with E-state index in [0.717, 1.165) is 17.0 Å². The Morgan fingerprint density at radius 2 is 1.50 bits per heavy atom. The highest BCUT2D eigenvalue weighted by Crippen LogP contribution is 2.29. The molecule has 2 N–H and O–H groups in total. The van der Waals surface area contributed by atoms with Crippen molar-refractivity contribution < 1.29 is 13.9 Å². The number of hydrogen-bond acceptors (Lipinski definition) is 7. The number of furan rings is 1. The van der Waals surface area contributed by atoms with Gasteiger partial charge in [0.15, 0.2) is 0 Å². The van der Waals surface area contributed by atoms with Crippen molar-refractivity contribution in [2.75, 3.05) is 18.5 Å². The smallest absolute Gasteiger partial charge is 0.223 e. The molecule has 4 heterocycles. The molecule has 0 unspecified atom stereocenters. The van der Waals surface area contributed by atoms with E-state index in [0.29, 0.717) is 25.7 Å². The van der Waals surface area contributed by atoms with Gasteiger partial charge in [0.1, 0.15) is 18.0 Å². The van der Waals surface area contributed by atoms with Gasteiger partial charge in [0.05, 0.1) is 43.8 Å². The number of aromatic nitrogens is 2. The van der Waals surface area contributed by atoms with Gasteiger partial charge in [-0.2, -0.15) is 0 Å². The number of hydrogen-bond donors (Lipinski definition) is 2. The van der Waals surface area contributed by atoms with E-state index in [2.05, 4.69) is 52.0 Å². The van der Waals surface area contributed by atoms with Crippen LogP contribution in [0.25, 0.3) is 22.4 Å². The summed E-state index contributed by atoms with van der Waals surface area (Å²) in [6, 6.07) is 24.7. The van der Waals surface area contributed by atoms with E-state index in [1.165, 1.54) is 11.1 Å². The number of fused-ring (bicyclic) bond motifs is 1. The normalized spacial score (nSPS) is 23.6. The van der Waals surface area contributed by atoms with E-state index in [1.807, 2.05) is 36.4 Å². The second kappa shape index (κ2) is 9.38. The summed E-state index contributed by atoms with van der Waals surface area (Å²) in [5.74, 6) is 1.48. The van der Waals surface area contributed by atoms with Crippen molar-refractivity contribution in [3.63, 3.8) is 0 Å². The Morgan fingerprint density at radius 3 is 2.29 bits per heavy atom. The van der Waals surface area contributed by atoms with Crippen molar-refractivity contribution in [2.24, 2.45) is 0 Å². The zero-order chi connectivity index (χ0) is 22.7. The highest BCUT2D eigenvalue weighted by molar-refractivity contribution is 5.69. The molecular weight excluding hydrogens is 428 g/mol. The lowest BCUT2D eigenvalue weighted by Crippen LogP contribution is -2.41. The van der Waals surface area contributed by atoms with Gasteiger partial charge in [-0.3, -0.25) is 0 Å². The van der Waals surface area contributed by atoms with Crippen LogP contribution in [-0.2, 0) is 16.0 Å². The molecule has 2 aromatic heterocycles. The molecule has 7 heteroatoms. The van der Waals surface area contributed by atoms with Gasteiger partial charge in [-0.1, -0.05) is 54.6 Å². The minimum Gasteiger partial charge on any atom is -0.468 e. The van der Waals surface area contributed by atoms with Crippen LogP contribution in [0.1, 0.15) is 5.76 Å². The summed E-state index contributed by atoms with van der Waals surface area (Å²) in [5.41, 5.74) is 4.30. The molecule has 0 aliphatic carbocycles. The van der Waals surface area contributed by atoms with E-state index in [9.17, 15) is 0 Å². The average Bonchev–Trinajstić information content (AvgIpc) is 3.64. The van der Waals surface area contributed by atoms with Crippen LogP contribution in [0.2, 0.25) is 0 Å². The number of rotatable bonds is 7. The zero-order valence-electron chi connectivity index (χ0n) is 18.6. The van der Waals surface area contributed by atoms with Gasteiger partial charge in [0.25, 0.3) is 0 Å². The van der Waals surface area contributed by atoms with Crippen molar-refractivity contribution in [1.82, 2.24) is 15.3 Å². The van der Waals surface area contributed by atoms with Gasteiger partial charge >= 0.3 is 0 Å². The second-order valence-corrected chi connectivity index (χ2v) is 8.62. The third-order valence-corrected chi connectivity index (χ3v) is 6.43. The first kappa shape index (κ1) is 21.0. The number of nitrogens with zero attached hydrogens (tertiary/aromatic N) is 2. The minimum absolute atomic E-state index is 0.00359. The number of anilines is 1. The summed E-state index contributed by atoms with van der Waals surface area (Å²) in [5, 5.41) is 6.92. The summed E-state index contributed by atoms with van der Waals surface area (Å²) < 4.78 is 17.6. The lowest BCUT2D eigenvalue weighted by Gasteiger charge is -2.18. The number of benzene rings is 2. The van der Waals surface area contributed by atoms with Crippen LogP contribution in [0.15, 0.2) is 89.7 Å². The van der Waals surface area contributed by atoms with Crippen LogP contribution in [0.5, 0.6) is 0 Å². The van der Waals surface area contributed by atoms with Crippen LogP contribution >= 0.6 is 0 Å². The van der Waals surface area contributed by atoms with Crippen LogP contribution in [-0.4, -0.2) is 47.5 Å². The molecule has 0 radical (unpaired) electrons. The van der Waals surface area contributed by atoms with E-state index in [4.69, 9.17) is 18.9 Å². The van der Waals surface area contributed by atoms with Crippen LogP contribution in [0.3, 0.4) is 0 Å². The lowest BCUT2D eigenvalue weighted by atomic mass is 10.0. The van der Waals surface area contributed by atoms with Crippen molar-refractivity contribution in [3.8, 4) is 22.4 Å². The molecule has 2 aliphatic rings. The third kappa shape index (κ3) is 4.33. The molecular formula is C27H26N4O3. The molecule has 0 saturated carbocycles. The van der Waals surface area contributed by atoms with Crippen molar-refractivity contribution in [3.05, 3.63) is 91.0 Å². The first-order valence-electron chi connectivity index (χ1n) is 11.6. The van der Waals surface area contributed by atoms with E-state index >= 15 is 0 Å². The highest BCUT2D eigenvalue weighted by atomic mass is 16.6. The number of nitrogens with one attached hydrogen (secondary N) is 2. The molecule has 0 bridgehead atoms. The lowest BCUT2D eigenvalue weighted by molar-refractivity contribution is 0.0673. The quantitative estimate of drug-likeness (QED) is 0.434. The first-order chi connectivity index (χ1) is 16.8. The Bertz CT molecular complexity index is 1210. The fourth-order valence-corrected chi connectivity index (χ4v) is 4.66.